The number of carbonyl (C=O) groups is 1. The fourth-order valence-electron chi connectivity index (χ4n) is 2.62. The van der Waals surface area contributed by atoms with Crippen LogP contribution in [0.25, 0.3) is 0 Å². The van der Waals surface area contributed by atoms with Crippen LogP contribution < -0.4 is 10.6 Å². The Hall–Kier alpha value is -0.570. The molecule has 0 bridgehead atoms. The second-order valence-corrected chi connectivity index (χ2v) is 5.33. The van der Waals surface area contributed by atoms with Crippen LogP contribution >= 0.6 is 0 Å². The molecule has 0 aromatic rings. The van der Waals surface area contributed by atoms with Gasteiger partial charge in [-0.15, -0.1) is 0 Å². The van der Waals surface area contributed by atoms with Crippen LogP contribution in [-0.4, -0.2) is 25.5 Å². The summed E-state index contributed by atoms with van der Waals surface area (Å²) < 4.78 is 0. The molecule has 0 aromatic carbocycles. The van der Waals surface area contributed by atoms with Gasteiger partial charge in [0.2, 0.25) is 5.91 Å². The predicted molar refractivity (Wildman–Crippen MR) is 65.2 cm³/mol. The summed E-state index contributed by atoms with van der Waals surface area (Å²) in [5.41, 5.74) is 0. The molecule has 0 radical (unpaired) electrons. The van der Waals surface area contributed by atoms with Crippen molar-refractivity contribution in [2.45, 2.75) is 44.9 Å². The first-order valence-electron chi connectivity index (χ1n) is 6.82. The fraction of sp³-hybridized carbons (Fsp3) is 0.923. The monoisotopic (exact) mass is 224 g/mol. The lowest BCUT2D eigenvalue weighted by atomic mass is 9.83. The highest BCUT2D eigenvalue weighted by atomic mass is 16.1. The highest BCUT2D eigenvalue weighted by molar-refractivity contribution is 5.76. The van der Waals surface area contributed by atoms with Gasteiger partial charge >= 0.3 is 0 Å². The maximum atomic E-state index is 11.7. The SMILES string of the molecule is O=C(CC1CCNCC1)NCCC1CCC1. The predicted octanol–water partition coefficient (Wildman–Crippen LogP) is 1.68. The van der Waals surface area contributed by atoms with E-state index < -0.39 is 0 Å². The standard InChI is InChI=1S/C13H24N2O/c16-13(10-12-4-7-14-8-5-12)15-9-6-11-2-1-3-11/h11-12,14H,1-10H2,(H,15,16). The molecular weight excluding hydrogens is 200 g/mol. The largest absolute Gasteiger partial charge is 0.356 e. The van der Waals surface area contributed by atoms with Gasteiger partial charge in [0, 0.05) is 13.0 Å². The van der Waals surface area contributed by atoms with Crippen molar-refractivity contribution in [1.82, 2.24) is 10.6 Å². The maximum absolute atomic E-state index is 11.7. The van der Waals surface area contributed by atoms with Crippen LogP contribution in [0, 0.1) is 11.8 Å². The molecular formula is C13H24N2O. The number of rotatable bonds is 5. The minimum absolute atomic E-state index is 0.270. The zero-order valence-electron chi connectivity index (χ0n) is 10.1. The third-order valence-corrected chi connectivity index (χ3v) is 4.03. The summed E-state index contributed by atoms with van der Waals surface area (Å²) >= 11 is 0. The van der Waals surface area contributed by atoms with Gasteiger partial charge in [0.1, 0.15) is 0 Å². The molecule has 3 heteroatoms. The molecule has 0 spiro atoms. The molecule has 2 aliphatic rings. The fourth-order valence-corrected chi connectivity index (χ4v) is 2.62. The number of nitrogens with one attached hydrogen (secondary N) is 2. The Morgan fingerprint density at radius 2 is 1.88 bits per heavy atom. The van der Waals surface area contributed by atoms with E-state index in [9.17, 15) is 4.79 Å². The van der Waals surface area contributed by atoms with Crippen LogP contribution in [0.4, 0.5) is 0 Å². The maximum Gasteiger partial charge on any atom is 0.220 e. The van der Waals surface area contributed by atoms with Gasteiger partial charge in [0.15, 0.2) is 0 Å². The Balaban J connectivity index is 1.52. The smallest absolute Gasteiger partial charge is 0.220 e. The topological polar surface area (TPSA) is 41.1 Å². The van der Waals surface area contributed by atoms with Gasteiger partial charge in [0.25, 0.3) is 0 Å². The van der Waals surface area contributed by atoms with E-state index in [2.05, 4.69) is 10.6 Å². The zero-order valence-corrected chi connectivity index (χ0v) is 10.1. The molecule has 16 heavy (non-hydrogen) atoms. The van der Waals surface area contributed by atoms with Gasteiger partial charge in [0.05, 0.1) is 0 Å². The summed E-state index contributed by atoms with van der Waals surface area (Å²) in [7, 11) is 0. The lowest BCUT2D eigenvalue weighted by molar-refractivity contribution is -0.122. The summed E-state index contributed by atoms with van der Waals surface area (Å²) in [6.07, 6.45) is 8.42. The van der Waals surface area contributed by atoms with Crippen molar-refractivity contribution in [3.8, 4) is 0 Å². The van der Waals surface area contributed by atoms with Crippen LogP contribution in [0.2, 0.25) is 0 Å². The summed E-state index contributed by atoms with van der Waals surface area (Å²) in [6, 6.07) is 0. The second-order valence-electron chi connectivity index (χ2n) is 5.33. The molecule has 0 atom stereocenters. The van der Waals surface area contributed by atoms with Gasteiger partial charge in [-0.3, -0.25) is 4.79 Å². The Bertz CT molecular complexity index is 220. The summed E-state index contributed by atoms with van der Waals surface area (Å²) in [4.78, 5) is 11.7. The molecule has 1 amide bonds. The van der Waals surface area contributed by atoms with Crippen LogP contribution in [0.5, 0.6) is 0 Å². The molecule has 2 N–H and O–H groups in total. The van der Waals surface area contributed by atoms with E-state index in [0.29, 0.717) is 5.92 Å². The number of piperidine rings is 1. The number of amides is 1. The van der Waals surface area contributed by atoms with E-state index >= 15 is 0 Å². The average molecular weight is 224 g/mol. The highest BCUT2D eigenvalue weighted by Gasteiger charge is 2.18. The first kappa shape index (κ1) is 11.9. The van der Waals surface area contributed by atoms with E-state index in [1.165, 1.54) is 25.7 Å². The minimum Gasteiger partial charge on any atom is -0.356 e. The summed E-state index contributed by atoms with van der Waals surface area (Å²) in [5.74, 6) is 1.79. The van der Waals surface area contributed by atoms with Crippen LogP contribution in [0.3, 0.4) is 0 Å². The number of hydrogen-bond acceptors (Lipinski definition) is 2. The first-order chi connectivity index (χ1) is 7.84. The van der Waals surface area contributed by atoms with Gasteiger partial charge in [-0.1, -0.05) is 19.3 Å². The molecule has 0 unspecified atom stereocenters. The van der Waals surface area contributed by atoms with E-state index in [0.717, 1.165) is 44.8 Å². The molecule has 1 saturated heterocycles. The first-order valence-corrected chi connectivity index (χ1v) is 6.82. The number of hydrogen-bond donors (Lipinski definition) is 2. The average Bonchev–Trinajstić information content (AvgIpc) is 2.23. The van der Waals surface area contributed by atoms with Crippen molar-refractivity contribution in [2.75, 3.05) is 19.6 Å². The number of carbonyl (C=O) groups excluding carboxylic acids is 1. The second kappa shape index (κ2) is 6.24. The molecule has 1 aliphatic carbocycles. The van der Waals surface area contributed by atoms with Crippen molar-refractivity contribution >= 4 is 5.91 Å². The van der Waals surface area contributed by atoms with Gasteiger partial charge < -0.3 is 10.6 Å². The van der Waals surface area contributed by atoms with Crippen LogP contribution in [0.1, 0.15) is 44.9 Å². The molecule has 2 fully saturated rings. The van der Waals surface area contributed by atoms with E-state index in [1.54, 1.807) is 0 Å². The van der Waals surface area contributed by atoms with Crippen molar-refractivity contribution < 1.29 is 4.79 Å². The van der Waals surface area contributed by atoms with Crippen molar-refractivity contribution in [3.63, 3.8) is 0 Å². The molecule has 1 aliphatic heterocycles. The van der Waals surface area contributed by atoms with E-state index in [1.807, 2.05) is 0 Å². The molecule has 2 rings (SSSR count). The molecule has 1 heterocycles. The lowest BCUT2D eigenvalue weighted by Crippen LogP contribution is -2.33. The van der Waals surface area contributed by atoms with E-state index in [-0.39, 0.29) is 5.91 Å². The minimum atomic E-state index is 0.270. The van der Waals surface area contributed by atoms with Gasteiger partial charge in [-0.05, 0) is 44.2 Å². The quantitative estimate of drug-likeness (QED) is 0.746. The third-order valence-electron chi connectivity index (χ3n) is 4.03. The summed E-state index contributed by atoms with van der Waals surface area (Å²) in [6.45, 7) is 3.06. The molecule has 1 saturated carbocycles. The molecule has 92 valence electrons. The van der Waals surface area contributed by atoms with Gasteiger partial charge in [-0.2, -0.15) is 0 Å². The third kappa shape index (κ3) is 3.78. The van der Waals surface area contributed by atoms with Crippen molar-refractivity contribution in [1.29, 1.82) is 0 Å². The van der Waals surface area contributed by atoms with Crippen LogP contribution in [-0.2, 0) is 4.79 Å². The lowest BCUT2D eigenvalue weighted by Gasteiger charge is -2.25. The van der Waals surface area contributed by atoms with Gasteiger partial charge in [-0.25, -0.2) is 0 Å². The molecule has 0 aromatic heterocycles. The van der Waals surface area contributed by atoms with E-state index in [4.69, 9.17) is 0 Å². The Kier molecular flexibility index (Phi) is 4.64. The summed E-state index contributed by atoms with van der Waals surface area (Å²) in [5, 5.41) is 6.40. The van der Waals surface area contributed by atoms with Crippen LogP contribution in [0.15, 0.2) is 0 Å². The Morgan fingerprint density at radius 3 is 2.50 bits per heavy atom. The Labute approximate surface area is 98.4 Å². The van der Waals surface area contributed by atoms with Crippen molar-refractivity contribution in [3.05, 3.63) is 0 Å². The highest BCUT2D eigenvalue weighted by Crippen LogP contribution is 2.28. The molecule has 3 nitrogen and oxygen atoms in total. The van der Waals surface area contributed by atoms with Crippen molar-refractivity contribution in [2.24, 2.45) is 11.8 Å². The normalized spacial score (nSPS) is 22.8. The zero-order chi connectivity index (χ0) is 11.2. The Morgan fingerprint density at radius 1 is 1.12 bits per heavy atom.